The number of likely N-dealkylation sites (N-methyl/N-ethyl adjacent to an activating group) is 1. The van der Waals surface area contributed by atoms with Crippen molar-refractivity contribution in [2.45, 2.75) is 6.54 Å². The molecule has 1 aromatic heterocycles. The van der Waals surface area contributed by atoms with Gasteiger partial charge in [0.15, 0.2) is 11.6 Å². The van der Waals surface area contributed by atoms with E-state index in [9.17, 15) is 9.18 Å². The highest BCUT2D eigenvalue weighted by molar-refractivity contribution is 6.34. The van der Waals surface area contributed by atoms with Crippen LogP contribution in [0.5, 0.6) is 11.6 Å². The molecule has 0 bridgehead atoms. The van der Waals surface area contributed by atoms with Crippen LogP contribution >= 0.6 is 11.6 Å². The molecule has 1 N–H and O–H groups in total. The van der Waals surface area contributed by atoms with Gasteiger partial charge in [0.05, 0.1) is 12.1 Å². The summed E-state index contributed by atoms with van der Waals surface area (Å²) in [6.45, 7) is 1.16. The Kier molecular flexibility index (Phi) is 7.17. The first kappa shape index (κ1) is 19.9. The van der Waals surface area contributed by atoms with Gasteiger partial charge in [-0.2, -0.15) is 0 Å². The lowest BCUT2D eigenvalue weighted by Crippen LogP contribution is -2.25. The molecule has 0 radical (unpaired) electrons. The Balaban J connectivity index is 2.07. The second kappa shape index (κ2) is 9.35. The van der Waals surface area contributed by atoms with E-state index in [4.69, 9.17) is 21.1 Å². The minimum absolute atomic E-state index is 0.127. The van der Waals surface area contributed by atoms with Crippen molar-refractivity contribution in [3.05, 3.63) is 52.4 Å². The first-order chi connectivity index (χ1) is 12.4. The number of aromatic nitrogens is 1. The number of rotatable bonds is 8. The number of carbonyl (C=O) groups excluding carboxylic acids is 1. The van der Waals surface area contributed by atoms with Gasteiger partial charge in [-0.3, -0.25) is 4.79 Å². The minimum Gasteiger partial charge on any atom is -0.494 e. The number of benzene rings is 1. The number of hydrogen-bond donors (Lipinski definition) is 1. The summed E-state index contributed by atoms with van der Waals surface area (Å²) >= 11 is 6.14. The molecule has 0 aliphatic rings. The first-order valence-corrected chi connectivity index (χ1v) is 8.32. The maximum Gasteiger partial charge on any atom is 0.258 e. The van der Waals surface area contributed by atoms with E-state index < -0.39 is 11.7 Å². The molecule has 0 fully saturated rings. The Hall–Kier alpha value is -2.38. The van der Waals surface area contributed by atoms with Gasteiger partial charge >= 0.3 is 0 Å². The number of halogens is 2. The molecule has 1 heterocycles. The van der Waals surface area contributed by atoms with Gasteiger partial charge in [-0.15, -0.1) is 0 Å². The van der Waals surface area contributed by atoms with E-state index in [2.05, 4.69) is 10.3 Å². The first-order valence-electron chi connectivity index (χ1n) is 7.95. The summed E-state index contributed by atoms with van der Waals surface area (Å²) in [4.78, 5) is 18.6. The Labute approximate surface area is 156 Å². The predicted molar refractivity (Wildman–Crippen MR) is 97.4 cm³/mol. The fourth-order valence-corrected chi connectivity index (χ4v) is 2.37. The van der Waals surface area contributed by atoms with Crippen LogP contribution in [0.2, 0.25) is 5.02 Å². The monoisotopic (exact) mass is 381 g/mol. The van der Waals surface area contributed by atoms with Crippen molar-refractivity contribution in [2.24, 2.45) is 0 Å². The number of amides is 1. The number of nitrogens with zero attached hydrogens (tertiary/aromatic N) is 2. The predicted octanol–water partition coefficient (Wildman–Crippen LogP) is 2.75. The lowest BCUT2D eigenvalue weighted by atomic mass is 10.2. The summed E-state index contributed by atoms with van der Waals surface area (Å²) in [5.74, 6) is -0.629. The highest BCUT2D eigenvalue weighted by Crippen LogP contribution is 2.24. The van der Waals surface area contributed by atoms with Crippen molar-refractivity contribution in [3.63, 3.8) is 0 Å². The number of methoxy groups -OCH3 is 1. The Morgan fingerprint density at radius 3 is 2.77 bits per heavy atom. The summed E-state index contributed by atoms with van der Waals surface area (Å²) in [7, 11) is 5.22. The van der Waals surface area contributed by atoms with E-state index in [1.165, 1.54) is 31.5 Å². The molecule has 0 atom stereocenters. The van der Waals surface area contributed by atoms with E-state index in [0.717, 1.165) is 0 Å². The van der Waals surface area contributed by atoms with Gasteiger partial charge in [-0.05, 0) is 37.9 Å². The van der Waals surface area contributed by atoms with E-state index in [0.29, 0.717) is 18.7 Å². The Bertz CT molecular complexity index is 771. The molecule has 26 heavy (non-hydrogen) atoms. The number of ether oxygens (including phenoxy) is 2. The lowest BCUT2D eigenvalue weighted by Gasteiger charge is -2.14. The maximum atomic E-state index is 13.7. The molecule has 8 heteroatoms. The van der Waals surface area contributed by atoms with Crippen molar-refractivity contribution >= 4 is 17.5 Å². The SMILES string of the molecule is COc1ccc(CNC(=O)c2c(Cl)ccnc2OCCN(C)C)cc1F. The average Bonchev–Trinajstić information content (AvgIpc) is 2.59. The van der Waals surface area contributed by atoms with Crippen LogP contribution in [0.25, 0.3) is 0 Å². The molecule has 2 rings (SSSR count). The third-order valence-electron chi connectivity index (χ3n) is 3.54. The van der Waals surface area contributed by atoms with Crippen LogP contribution < -0.4 is 14.8 Å². The standard InChI is InChI=1S/C18H21ClFN3O3/c1-23(2)8-9-26-18-16(13(19)6-7-21-18)17(24)22-11-12-4-5-15(25-3)14(20)10-12/h4-7,10H,8-9,11H2,1-3H3,(H,22,24). The topological polar surface area (TPSA) is 63.7 Å². The fraction of sp³-hybridized carbons (Fsp3) is 0.333. The zero-order valence-electron chi connectivity index (χ0n) is 14.9. The van der Waals surface area contributed by atoms with Crippen LogP contribution in [0.1, 0.15) is 15.9 Å². The van der Waals surface area contributed by atoms with Crippen LogP contribution in [-0.4, -0.2) is 50.1 Å². The van der Waals surface area contributed by atoms with Gasteiger partial charge in [-0.1, -0.05) is 17.7 Å². The average molecular weight is 382 g/mol. The molecular weight excluding hydrogens is 361 g/mol. The Morgan fingerprint density at radius 2 is 2.12 bits per heavy atom. The highest BCUT2D eigenvalue weighted by atomic mass is 35.5. The lowest BCUT2D eigenvalue weighted by molar-refractivity contribution is 0.0945. The second-order valence-electron chi connectivity index (χ2n) is 5.78. The van der Waals surface area contributed by atoms with Crippen LogP contribution in [0.4, 0.5) is 4.39 Å². The highest BCUT2D eigenvalue weighted by Gasteiger charge is 2.18. The van der Waals surface area contributed by atoms with E-state index >= 15 is 0 Å². The second-order valence-corrected chi connectivity index (χ2v) is 6.18. The molecule has 0 unspecified atom stereocenters. The number of hydrogen-bond acceptors (Lipinski definition) is 5. The maximum absolute atomic E-state index is 13.7. The summed E-state index contributed by atoms with van der Waals surface area (Å²) in [5, 5.41) is 2.93. The summed E-state index contributed by atoms with van der Waals surface area (Å²) in [6.07, 6.45) is 1.48. The van der Waals surface area contributed by atoms with Crippen LogP contribution in [-0.2, 0) is 6.54 Å². The van der Waals surface area contributed by atoms with Gasteiger partial charge in [0, 0.05) is 19.3 Å². The molecule has 0 saturated heterocycles. The zero-order chi connectivity index (χ0) is 19.1. The Morgan fingerprint density at radius 1 is 1.35 bits per heavy atom. The zero-order valence-corrected chi connectivity index (χ0v) is 15.6. The largest absolute Gasteiger partial charge is 0.494 e. The van der Waals surface area contributed by atoms with Gasteiger partial charge in [0.1, 0.15) is 12.2 Å². The van der Waals surface area contributed by atoms with Crippen LogP contribution in [0, 0.1) is 5.82 Å². The van der Waals surface area contributed by atoms with Crippen molar-refractivity contribution in [1.29, 1.82) is 0 Å². The van der Waals surface area contributed by atoms with Crippen LogP contribution in [0.3, 0.4) is 0 Å². The molecule has 0 aliphatic heterocycles. The van der Waals surface area contributed by atoms with Gasteiger partial charge < -0.3 is 19.7 Å². The third-order valence-corrected chi connectivity index (χ3v) is 3.85. The van der Waals surface area contributed by atoms with Crippen LogP contribution in [0.15, 0.2) is 30.5 Å². The summed E-state index contributed by atoms with van der Waals surface area (Å²) < 4.78 is 24.2. The summed E-state index contributed by atoms with van der Waals surface area (Å²) in [6, 6.07) is 5.99. The molecule has 2 aromatic rings. The quantitative estimate of drug-likeness (QED) is 0.761. The number of carbonyl (C=O) groups is 1. The number of pyridine rings is 1. The van der Waals surface area contributed by atoms with Gasteiger partial charge in [0.2, 0.25) is 5.88 Å². The fourth-order valence-electron chi connectivity index (χ4n) is 2.15. The van der Waals surface area contributed by atoms with Gasteiger partial charge in [-0.25, -0.2) is 9.37 Å². The van der Waals surface area contributed by atoms with Crippen molar-refractivity contribution in [1.82, 2.24) is 15.2 Å². The molecule has 1 amide bonds. The third kappa shape index (κ3) is 5.31. The molecule has 0 saturated carbocycles. The van der Waals surface area contributed by atoms with E-state index in [1.807, 2.05) is 19.0 Å². The molecular formula is C18H21ClFN3O3. The number of nitrogens with one attached hydrogen (secondary N) is 1. The molecule has 1 aromatic carbocycles. The van der Waals surface area contributed by atoms with Crippen molar-refractivity contribution < 1.29 is 18.7 Å². The van der Waals surface area contributed by atoms with Crippen molar-refractivity contribution in [3.8, 4) is 11.6 Å². The minimum atomic E-state index is -0.494. The smallest absolute Gasteiger partial charge is 0.258 e. The molecule has 6 nitrogen and oxygen atoms in total. The van der Waals surface area contributed by atoms with E-state index in [-0.39, 0.29) is 28.8 Å². The van der Waals surface area contributed by atoms with Crippen molar-refractivity contribution in [2.75, 3.05) is 34.4 Å². The summed E-state index contributed by atoms with van der Waals surface area (Å²) in [5.41, 5.74) is 0.744. The normalized spacial score (nSPS) is 10.7. The molecule has 140 valence electrons. The molecule has 0 aliphatic carbocycles. The molecule has 0 spiro atoms. The van der Waals surface area contributed by atoms with E-state index in [1.54, 1.807) is 6.07 Å². The van der Waals surface area contributed by atoms with Gasteiger partial charge in [0.25, 0.3) is 5.91 Å².